The number of ether oxygens (including phenoxy) is 2. The highest BCUT2D eigenvalue weighted by Gasteiger charge is 2.29. The van der Waals surface area contributed by atoms with Crippen LogP contribution in [0.25, 0.3) is 0 Å². The molecule has 1 unspecified atom stereocenters. The fourth-order valence-corrected chi connectivity index (χ4v) is 4.08. The Hall–Kier alpha value is -0.410. The summed E-state index contributed by atoms with van der Waals surface area (Å²) in [4.78, 5) is 0. The average molecular weight is 362 g/mol. The third kappa shape index (κ3) is 3.25. The Labute approximate surface area is 134 Å². The third-order valence-corrected chi connectivity index (χ3v) is 5.63. The predicted octanol–water partition coefficient (Wildman–Crippen LogP) is 5.57. The molecule has 2 rings (SSSR count). The zero-order chi connectivity index (χ0) is 14.7. The molecule has 1 saturated carbocycles. The van der Waals surface area contributed by atoms with E-state index in [0.717, 1.165) is 27.5 Å². The highest BCUT2D eigenvalue weighted by atomic mass is 79.9. The van der Waals surface area contributed by atoms with Gasteiger partial charge in [-0.1, -0.05) is 25.8 Å². The first-order valence-corrected chi connectivity index (χ1v) is 8.35. The molecule has 1 aromatic carbocycles. The highest BCUT2D eigenvalue weighted by Crippen LogP contribution is 2.47. The molecule has 4 heteroatoms. The van der Waals surface area contributed by atoms with E-state index in [1.54, 1.807) is 14.2 Å². The van der Waals surface area contributed by atoms with Crippen LogP contribution in [0.5, 0.6) is 11.5 Å². The van der Waals surface area contributed by atoms with Crippen molar-refractivity contribution in [1.29, 1.82) is 0 Å². The molecule has 0 bridgehead atoms. The summed E-state index contributed by atoms with van der Waals surface area (Å²) in [6.45, 7) is 2.32. The van der Waals surface area contributed by atoms with E-state index in [0.29, 0.717) is 5.92 Å². The number of benzene rings is 1. The van der Waals surface area contributed by atoms with E-state index in [9.17, 15) is 0 Å². The van der Waals surface area contributed by atoms with Crippen LogP contribution in [-0.2, 0) is 0 Å². The maximum atomic E-state index is 6.74. The van der Waals surface area contributed by atoms with E-state index in [2.05, 4.69) is 22.9 Å². The van der Waals surface area contributed by atoms with Crippen LogP contribution < -0.4 is 9.47 Å². The molecule has 0 aliphatic heterocycles. The van der Waals surface area contributed by atoms with Crippen molar-refractivity contribution in [3.8, 4) is 11.5 Å². The first-order valence-electron chi connectivity index (χ1n) is 7.12. The minimum absolute atomic E-state index is 0.000318. The van der Waals surface area contributed by atoms with E-state index in [-0.39, 0.29) is 5.38 Å². The van der Waals surface area contributed by atoms with Gasteiger partial charge in [0.15, 0.2) is 0 Å². The van der Waals surface area contributed by atoms with Crippen LogP contribution in [-0.4, -0.2) is 14.2 Å². The van der Waals surface area contributed by atoms with Crippen LogP contribution >= 0.6 is 27.5 Å². The summed E-state index contributed by atoms with van der Waals surface area (Å²) >= 11 is 10.3. The minimum atomic E-state index is -0.000318. The molecular formula is C16H22BrClO2. The van der Waals surface area contributed by atoms with Crippen LogP contribution in [0.15, 0.2) is 16.6 Å². The van der Waals surface area contributed by atoms with Crippen molar-refractivity contribution in [3.63, 3.8) is 0 Å². The Kier molecular flexibility index (Phi) is 5.62. The minimum Gasteiger partial charge on any atom is -0.495 e. The number of rotatable bonds is 4. The molecule has 0 radical (unpaired) electrons. The van der Waals surface area contributed by atoms with Crippen LogP contribution in [0.2, 0.25) is 0 Å². The molecule has 0 saturated heterocycles. The molecule has 1 atom stereocenters. The van der Waals surface area contributed by atoms with Gasteiger partial charge in [-0.05, 0) is 46.7 Å². The molecular weight excluding hydrogens is 340 g/mol. The number of halogens is 2. The first kappa shape index (κ1) is 16.0. The van der Waals surface area contributed by atoms with Crippen molar-refractivity contribution >= 4 is 27.5 Å². The second kappa shape index (κ2) is 7.04. The first-order chi connectivity index (χ1) is 9.58. The van der Waals surface area contributed by atoms with Crippen molar-refractivity contribution < 1.29 is 9.47 Å². The maximum absolute atomic E-state index is 6.74. The van der Waals surface area contributed by atoms with E-state index in [1.165, 1.54) is 25.7 Å². The molecule has 1 fully saturated rings. The van der Waals surface area contributed by atoms with Gasteiger partial charge in [-0.2, -0.15) is 0 Å². The molecule has 1 aromatic rings. The van der Waals surface area contributed by atoms with Gasteiger partial charge in [0.1, 0.15) is 16.0 Å². The second-order valence-corrected chi connectivity index (χ2v) is 6.89. The molecule has 112 valence electrons. The summed E-state index contributed by atoms with van der Waals surface area (Å²) in [5, 5.41) is -0.000318. The molecule has 0 aromatic heterocycles. The van der Waals surface area contributed by atoms with Crippen molar-refractivity contribution in [2.75, 3.05) is 14.2 Å². The number of hydrogen-bond donors (Lipinski definition) is 0. The van der Waals surface area contributed by atoms with E-state index in [1.807, 2.05) is 12.1 Å². The van der Waals surface area contributed by atoms with E-state index >= 15 is 0 Å². The Morgan fingerprint density at radius 2 is 1.80 bits per heavy atom. The van der Waals surface area contributed by atoms with Crippen molar-refractivity contribution in [2.24, 2.45) is 11.8 Å². The second-order valence-electron chi connectivity index (χ2n) is 5.63. The summed E-state index contributed by atoms with van der Waals surface area (Å²) in [5.74, 6) is 2.93. The zero-order valence-corrected chi connectivity index (χ0v) is 14.6. The van der Waals surface area contributed by atoms with Gasteiger partial charge < -0.3 is 9.47 Å². The predicted molar refractivity (Wildman–Crippen MR) is 87.0 cm³/mol. The van der Waals surface area contributed by atoms with Crippen LogP contribution in [0.4, 0.5) is 0 Å². The Morgan fingerprint density at radius 3 is 2.35 bits per heavy atom. The van der Waals surface area contributed by atoms with Crippen molar-refractivity contribution in [2.45, 2.75) is 38.0 Å². The number of hydrogen-bond acceptors (Lipinski definition) is 2. The van der Waals surface area contributed by atoms with Crippen LogP contribution in [0.3, 0.4) is 0 Å². The Morgan fingerprint density at radius 1 is 1.15 bits per heavy atom. The fourth-order valence-electron chi connectivity index (χ4n) is 2.97. The van der Waals surface area contributed by atoms with Gasteiger partial charge in [0, 0.05) is 5.56 Å². The number of methoxy groups -OCH3 is 2. The monoisotopic (exact) mass is 360 g/mol. The molecule has 0 spiro atoms. The summed E-state index contributed by atoms with van der Waals surface area (Å²) in [7, 11) is 3.33. The molecule has 0 amide bonds. The highest BCUT2D eigenvalue weighted by molar-refractivity contribution is 9.10. The summed E-state index contributed by atoms with van der Waals surface area (Å²) in [6, 6.07) is 3.97. The quantitative estimate of drug-likeness (QED) is 0.652. The SMILES string of the molecule is COc1ccc(C(Cl)C2CCC(C)CC2)c(OC)c1Br. The zero-order valence-electron chi connectivity index (χ0n) is 12.3. The Balaban J connectivity index is 2.25. The van der Waals surface area contributed by atoms with Gasteiger partial charge in [0.2, 0.25) is 0 Å². The van der Waals surface area contributed by atoms with Crippen LogP contribution in [0, 0.1) is 11.8 Å². The van der Waals surface area contributed by atoms with Crippen molar-refractivity contribution in [3.05, 3.63) is 22.2 Å². The molecule has 20 heavy (non-hydrogen) atoms. The summed E-state index contributed by atoms with van der Waals surface area (Å²) in [5.41, 5.74) is 1.06. The standard InChI is InChI=1S/C16H22BrClO2/c1-10-4-6-11(7-5-10)15(18)12-8-9-13(19-2)14(17)16(12)20-3/h8-11,15H,4-7H2,1-3H3. The largest absolute Gasteiger partial charge is 0.495 e. The molecule has 1 aliphatic carbocycles. The topological polar surface area (TPSA) is 18.5 Å². The lowest BCUT2D eigenvalue weighted by molar-refractivity contribution is 0.280. The molecule has 0 N–H and O–H groups in total. The van der Waals surface area contributed by atoms with Gasteiger partial charge in [-0.3, -0.25) is 0 Å². The van der Waals surface area contributed by atoms with Crippen LogP contribution in [0.1, 0.15) is 43.5 Å². The Bertz CT molecular complexity index is 456. The lowest BCUT2D eigenvalue weighted by Crippen LogP contribution is -2.17. The smallest absolute Gasteiger partial charge is 0.141 e. The van der Waals surface area contributed by atoms with Gasteiger partial charge in [0.25, 0.3) is 0 Å². The fraction of sp³-hybridized carbons (Fsp3) is 0.625. The van der Waals surface area contributed by atoms with Gasteiger partial charge >= 0.3 is 0 Å². The third-order valence-electron chi connectivity index (χ3n) is 4.29. The lowest BCUT2D eigenvalue weighted by Gasteiger charge is -2.30. The van der Waals surface area contributed by atoms with Gasteiger partial charge in [-0.25, -0.2) is 0 Å². The normalized spacial score (nSPS) is 24.2. The summed E-state index contributed by atoms with van der Waals surface area (Å²) < 4.78 is 11.7. The van der Waals surface area contributed by atoms with Gasteiger partial charge in [-0.15, -0.1) is 11.6 Å². The number of alkyl halides is 1. The summed E-state index contributed by atoms with van der Waals surface area (Å²) in [6.07, 6.45) is 4.94. The molecule has 0 heterocycles. The van der Waals surface area contributed by atoms with E-state index < -0.39 is 0 Å². The van der Waals surface area contributed by atoms with Gasteiger partial charge in [0.05, 0.1) is 19.6 Å². The average Bonchev–Trinajstić information content (AvgIpc) is 2.47. The molecule has 2 nitrogen and oxygen atoms in total. The lowest BCUT2D eigenvalue weighted by atomic mass is 9.79. The maximum Gasteiger partial charge on any atom is 0.141 e. The molecule has 1 aliphatic rings. The van der Waals surface area contributed by atoms with Crippen molar-refractivity contribution in [1.82, 2.24) is 0 Å². The van der Waals surface area contributed by atoms with E-state index in [4.69, 9.17) is 21.1 Å².